The van der Waals surface area contributed by atoms with E-state index in [2.05, 4.69) is 10.6 Å². The Hall–Kier alpha value is -1.98. The second-order valence-electron chi connectivity index (χ2n) is 4.83. The van der Waals surface area contributed by atoms with Crippen LogP contribution in [-0.2, 0) is 4.79 Å². The Morgan fingerprint density at radius 1 is 1.18 bits per heavy atom. The SMILES string of the molecule is C[C@@H](NCC(=O)Nc1ccc(F)c(F)c1)c1cccc(Cl)c1. The Balaban J connectivity index is 1.88. The van der Waals surface area contributed by atoms with Crippen LogP contribution in [0.2, 0.25) is 5.02 Å². The number of benzene rings is 2. The Labute approximate surface area is 132 Å². The fourth-order valence-corrected chi connectivity index (χ4v) is 2.12. The third-order valence-corrected chi connectivity index (χ3v) is 3.36. The molecule has 2 aromatic rings. The number of carbonyl (C=O) groups excluding carboxylic acids is 1. The van der Waals surface area contributed by atoms with Crippen molar-refractivity contribution in [2.24, 2.45) is 0 Å². The molecule has 22 heavy (non-hydrogen) atoms. The van der Waals surface area contributed by atoms with Gasteiger partial charge in [-0.05, 0) is 36.8 Å². The van der Waals surface area contributed by atoms with Crippen LogP contribution in [0.5, 0.6) is 0 Å². The molecule has 0 bridgehead atoms. The van der Waals surface area contributed by atoms with Crippen molar-refractivity contribution in [3.63, 3.8) is 0 Å². The molecule has 0 saturated heterocycles. The molecule has 0 fully saturated rings. The lowest BCUT2D eigenvalue weighted by Gasteiger charge is -2.14. The first kappa shape index (κ1) is 16.4. The number of halogens is 3. The third kappa shape index (κ3) is 4.51. The van der Waals surface area contributed by atoms with Crippen molar-refractivity contribution in [2.45, 2.75) is 13.0 Å². The second kappa shape index (κ2) is 7.33. The number of carbonyl (C=O) groups is 1. The number of rotatable bonds is 5. The minimum absolute atomic E-state index is 0.0344. The molecule has 0 radical (unpaired) electrons. The molecule has 6 heteroatoms. The van der Waals surface area contributed by atoms with E-state index in [9.17, 15) is 13.6 Å². The van der Waals surface area contributed by atoms with E-state index in [0.717, 1.165) is 17.7 Å². The normalized spacial score (nSPS) is 12.0. The van der Waals surface area contributed by atoms with Crippen molar-refractivity contribution in [3.05, 3.63) is 64.7 Å². The van der Waals surface area contributed by atoms with E-state index in [0.29, 0.717) is 5.02 Å². The maximum atomic E-state index is 13.0. The van der Waals surface area contributed by atoms with Gasteiger partial charge in [-0.1, -0.05) is 23.7 Å². The smallest absolute Gasteiger partial charge is 0.238 e. The van der Waals surface area contributed by atoms with Crippen LogP contribution in [-0.4, -0.2) is 12.5 Å². The van der Waals surface area contributed by atoms with Gasteiger partial charge in [-0.25, -0.2) is 8.78 Å². The van der Waals surface area contributed by atoms with Gasteiger partial charge in [0.25, 0.3) is 0 Å². The minimum Gasteiger partial charge on any atom is -0.325 e. The van der Waals surface area contributed by atoms with E-state index >= 15 is 0 Å². The van der Waals surface area contributed by atoms with E-state index in [1.807, 2.05) is 25.1 Å². The summed E-state index contributed by atoms with van der Waals surface area (Å²) in [4.78, 5) is 11.8. The minimum atomic E-state index is -1.00. The summed E-state index contributed by atoms with van der Waals surface area (Å²) in [7, 11) is 0. The number of anilines is 1. The van der Waals surface area contributed by atoms with Gasteiger partial charge in [-0.3, -0.25) is 4.79 Å². The summed E-state index contributed by atoms with van der Waals surface area (Å²) in [6.07, 6.45) is 0. The Bertz CT molecular complexity index is 679. The van der Waals surface area contributed by atoms with Crippen LogP contribution in [0.25, 0.3) is 0 Å². The van der Waals surface area contributed by atoms with Crippen molar-refractivity contribution in [1.29, 1.82) is 0 Å². The highest BCUT2D eigenvalue weighted by molar-refractivity contribution is 6.30. The van der Waals surface area contributed by atoms with Gasteiger partial charge in [0.2, 0.25) is 5.91 Å². The summed E-state index contributed by atoms with van der Waals surface area (Å²) in [6, 6.07) is 10.4. The van der Waals surface area contributed by atoms with E-state index in [1.165, 1.54) is 6.07 Å². The monoisotopic (exact) mass is 324 g/mol. The highest BCUT2D eigenvalue weighted by Gasteiger charge is 2.09. The van der Waals surface area contributed by atoms with Crippen molar-refractivity contribution >= 4 is 23.2 Å². The lowest BCUT2D eigenvalue weighted by Crippen LogP contribution is -2.30. The quantitative estimate of drug-likeness (QED) is 0.875. The Kier molecular flexibility index (Phi) is 5.46. The first-order chi connectivity index (χ1) is 10.5. The van der Waals surface area contributed by atoms with Gasteiger partial charge < -0.3 is 10.6 Å². The van der Waals surface area contributed by atoms with Gasteiger partial charge in [0.15, 0.2) is 11.6 Å². The molecular formula is C16H15ClF2N2O. The zero-order valence-corrected chi connectivity index (χ0v) is 12.6. The van der Waals surface area contributed by atoms with Gasteiger partial charge in [0.05, 0.1) is 6.54 Å². The van der Waals surface area contributed by atoms with Crippen LogP contribution in [0.4, 0.5) is 14.5 Å². The predicted molar refractivity (Wildman–Crippen MR) is 82.9 cm³/mol. The van der Waals surface area contributed by atoms with E-state index in [4.69, 9.17) is 11.6 Å². The zero-order chi connectivity index (χ0) is 16.1. The van der Waals surface area contributed by atoms with Gasteiger partial charge in [-0.15, -0.1) is 0 Å². The van der Waals surface area contributed by atoms with Crippen LogP contribution in [0.1, 0.15) is 18.5 Å². The molecule has 1 atom stereocenters. The van der Waals surface area contributed by atoms with Crippen molar-refractivity contribution in [3.8, 4) is 0 Å². The van der Waals surface area contributed by atoms with Crippen molar-refractivity contribution in [2.75, 3.05) is 11.9 Å². The zero-order valence-electron chi connectivity index (χ0n) is 11.9. The summed E-state index contributed by atoms with van der Waals surface area (Å²) in [6.45, 7) is 1.93. The van der Waals surface area contributed by atoms with Crippen LogP contribution in [0.15, 0.2) is 42.5 Å². The van der Waals surface area contributed by atoms with Crippen LogP contribution >= 0.6 is 11.6 Å². The summed E-state index contributed by atoms with van der Waals surface area (Å²) < 4.78 is 25.8. The molecular weight excluding hydrogens is 310 g/mol. The molecule has 0 saturated carbocycles. The first-order valence-electron chi connectivity index (χ1n) is 6.69. The topological polar surface area (TPSA) is 41.1 Å². The molecule has 2 aromatic carbocycles. The third-order valence-electron chi connectivity index (χ3n) is 3.12. The maximum Gasteiger partial charge on any atom is 0.238 e. The average Bonchev–Trinajstić information content (AvgIpc) is 2.48. The maximum absolute atomic E-state index is 13.0. The van der Waals surface area contributed by atoms with Crippen molar-refractivity contribution in [1.82, 2.24) is 5.32 Å². The molecule has 116 valence electrons. The second-order valence-corrected chi connectivity index (χ2v) is 5.27. The number of hydrogen-bond donors (Lipinski definition) is 2. The van der Waals surface area contributed by atoms with Crippen molar-refractivity contribution < 1.29 is 13.6 Å². The molecule has 0 aliphatic rings. The highest BCUT2D eigenvalue weighted by atomic mass is 35.5. The molecule has 0 spiro atoms. The Morgan fingerprint density at radius 2 is 1.95 bits per heavy atom. The molecule has 0 heterocycles. The largest absolute Gasteiger partial charge is 0.325 e. The number of nitrogens with one attached hydrogen (secondary N) is 2. The van der Waals surface area contributed by atoms with Crippen LogP contribution < -0.4 is 10.6 Å². The molecule has 1 amide bonds. The van der Waals surface area contributed by atoms with Gasteiger partial charge >= 0.3 is 0 Å². The molecule has 0 aliphatic carbocycles. The first-order valence-corrected chi connectivity index (χ1v) is 7.07. The molecule has 2 rings (SSSR count). The summed E-state index contributed by atoms with van der Waals surface area (Å²) in [5, 5.41) is 6.15. The van der Waals surface area contributed by atoms with Crippen LogP contribution in [0, 0.1) is 11.6 Å². The van der Waals surface area contributed by atoms with Gasteiger partial charge in [0, 0.05) is 22.8 Å². The molecule has 0 unspecified atom stereocenters. The molecule has 0 aromatic heterocycles. The molecule has 0 aliphatic heterocycles. The molecule has 3 nitrogen and oxygen atoms in total. The summed E-state index contributed by atoms with van der Waals surface area (Å²) >= 11 is 5.91. The Morgan fingerprint density at radius 3 is 2.64 bits per heavy atom. The van der Waals surface area contributed by atoms with Crippen LogP contribution in [0.3, 0.4) is 0 Å². The number of amides is 1. The number of hydrogen-bond acceptors (Lipinski definition) is 2. The fourth-order valence-electron chi connectivity index (χ4n) is 1.92. The van der Waals surface area contributed by atoms with Gasteiger partial charge in [0.1, 0.15) is 0 Å². The van der Waals surface area contributed by atoms with Gasteiger partial charge in [-0.2, -0.15) is 0 Å². The van der Waals surface area contributed by atoms with E-state index in [1.54, 1.807) is 6.07 Å². The lowest BCUT2D eigenvalue weighted by molar-refractivity contribution is -0.115. The fraction of sp³-hybridized carbons (Fsp3) is 0.188. The average molecular weight is 325 g/mol. The predicted octanol–water partition coefficient (Wildman–Crippen LogP) is 3.91. The summed E-state index contributed by atoms with van der Waals surface area (Å²) in [5.41, 5.74) is 1.16. The lowest BCUT2D eigenvalue weighted by atomic mass is 10.1. The summed E-state index contributed by atoms with van der Waals surface area (Å²) in [5.74, 6) is -2.30. The molecule has 2 N–H and O–H groups in total. The highest BCUT2D eigenvalue weighted by Crippen LogP contribution is 2.17. The standard InChI is InChI=1S/C16H15ClF2N2O/c1-10(11-3-2-4-12(17)7-11)20-9-16(22)21-13-5-6-14(18)15(19)8-13/h2-8,10,20H,9H2,1H3,(H,21,22)/t10-/m1/s1. The van der Waals surface area contributed by atoms with E-state index < -0.39 is 11.6 Å². The van der Waals surface area contributed by atoms with E-state index in [-0.39, 0.29) is 24.2 Å².